The lowest BCUT2D eigenvalue weighted by molar-refractivity contribution is -0.136. The average molecular weight is 402 g/mol. The van der Waals surface area contributed by atoms with Gasteiger partial charge in [-0.3, -0.25) is 24.2 Å². The van der Waals surface area contributed by atoms with Gasteiger partial charge < -0.3 is 5.73 Å². The number of rotatable bonds is 4. The summed E-state index contributed by atoms with van der Waals surface area (Å²) in [5.74, 6) is -1.44. The molecule has 4 rings (SSSR count). The number of amides is 3. The highest BCUT2D eigenvalue weighted by Crippen LogP contribution is 2.34. The molecule has 0 aromatic heterocycles. The van der Waals surface area contributed by atoms with E-state index in [1.54, 1.807) is 6.07 Å². The second-order valence-corrected chi connectivity index (χ2v) is 8.25. The average Bonchev–Trinajstić information content (AvgIpc) is 3.02. The van der Waals surface area contributed by atoms with Crippen LogP contribution in [0.4, 0.5) is 10.1 Å². The molecule has 1 aromatic rings. The van der Waals surface area contributed by atoms with Crippen molar-refractivity contribution in [2.45, 2.75) is 50.1 Å². The van der Waals surface area contributed by atoms with Crippen LogP contribution in [-0.2, 0) is 14.4 Å². The number of hydrogen-bond acceptors (Lipinski definition) is 5. The van der Waals surface area contributed by atoms with Crippen LogP contribution >= 0.6 is 0 Å². The Kier molecular flexibility index (Phi) is 5.40. The highest BCUT2D eigenvalue weighted by atomic mass is 19.1. The van der Waals surface area contributed by atoms with Crippen LogP contribution in [0.5, 0.6) is 0 Å². The fourth-order valence-corrected chi connectivity index (χ4v) is 5.03. The zero-order valence-electron chi connectivity index (χ0n) is 16.5. The van der Waals surface area contributed by atoms with Gasteiger partial charge in [0.1, 0.15) is 11.4 Å². The first kappa shape index (κ1) is 20.0. The highest BCUT2D eigenvalue weighted by Gasteiger charge is 2.49. The third-order valence-electron chi connectivity index (χ3n) is 6.68. The second kappa shape index (κ2) is 7.84. The molecule has 0 bridgehead atoms. The molecule has 3 aliphatic rings. The van der Waals surface area contributed by atoms with E-state index in [-0.39, 0.29) is 29.8 Å². The summed E-state index contributed by atoms with van der Waals surface area (Å²) in [7, 11) is 0. The fraction of sp³-hybridized carbons (Fsp3) is 0.571. The van der Waals surface area contributed by atoms with Crippen molar-refractivity contribution < 1.29 is 18.8 Å². The van der Waals surface area contributed by atoms with Gasteiger partial charge in [0.05, 0.1) is 18.2 Å². The van der Waals surface area contributed by atoms with Crippen LogP contribution in [0.3, 0.4) is 0 Å². The number of nitrogens with two attached hydrogens (primary N) is 1. The van der Waals surface area contributed by atoms with E-state index in [1.165, 1.54) is 24.6 Å². The monoisotopic (exact) mass is 402 g/mol. The van der Waals surface area contributed by atoms with E-state index >= 15 is 0 Å². The molecule has 1 atom stereocenters. The summed E-state index contributed by atoms with van der Waals surface area (Å²) in [4.78, 5) is 43.1. The minimum atomic E-state index is -0.662. The van der Waals surface area contributed by atoms with Crippen LogP contribution in [0.15, 0.2) is 24.3 Å². The summed E-state index contributed by atoms with van der Waals surface area (Å²) < 4.78 is 13.6. The van der Waals surface area contributed by atoms with Gasteiger partial charge in [0, 0.05) is 13.1 Å². The van der Waals surface area contributed by atoms with Gasteiger partial charge in [-0.15, -0.1) is 0 Å². The Morgan fingerprint density at radius 1 is 1.07 bits per heavy atom. The lowest BCUT2D eigenvalue weighted by Crippen LogP contribution is -2.64. The van der Waals surface area contributed by atoms with Crippen LogP contribution in [0, 0.1) is 5.82 Å². The van der Waals surface area contributed by atoms with E-state index in [1.807, 2.05) is 4.90 Å². The summed E-state index contributed by atoms with van der Waals surface area (Å²) in [6.07, 6.45) is 4.49. The van der Waals surface area contributed by atoms with Crippen LogP contribution in [0.2, 0.25) is 0 Å². The standard InChI is InChI=1S/C21H27FN4O3/c22-15-5-4-6-16(13-15)26-18(27)14-17(19(26)28)24-11-7-21(8-12-24,20(23)29)25-9-2-1-3-10-25/h4-6,13,17H,1-3,7-12,14H2,(H2,23,29)/t17-/m0/s1. The van der Waals surface area contributed by atoms with Crippen molar-refractivity contribution in [3.05, 3.63) is 30.1 Å². The number of halogens is 1. The highest BCUT2D eigenvalue weighted by molar-refractivity contribution is 6.22. The number of piperidine rings is 2. The Morgan fingerprint density at radius 3 is 2.38 bits per heavy atom. The Balaban J connectivity index is 1.47. The molecule has 156 valence electrons. The Morgan fingerprint density at radius 2 is 1.76 bits per heavy atom. The van der Waals surface area contributed by atoms with Gasteiger partial charge >= 0.3 is 0 Å². The predicted octanol–water partition coefficient (Wildman–Crippen LogP) is 1.26. The number of nitrogens with zero attached hydrogens (tertiary/aromatic N) is 3. The van der Waals surface area contributed by atoms with Crippen molar-refractivity contribution >= 4 is 23.4 Å². The first-order valence-electron chi connectivity index (χ1n) is 10.3. The molecule has 0 unspecified atom stereocenters. The Bertz CT molecular complexity index is 816. The number of anilines is 1. The zero-order chi connectivity index (χ0) is 20.6. The third-order valence-corrected chi connectivity index (χ3v) is 6.68. The van der Waals surface area contributed by atoms with Crippen LogP contribution in [-0.4, -0.2) is 65.3 Å². The van der Waals surface area contributed by atoms with E-state index in [0.29, 0.717) is 25.9 Å². The van der Waals surface area contributed by atoms with Gasteiger partial charge in [-0.2, -0.15) is 0 Å². The third kappa shape index (κ3) is 3.55. The maximum atomic E-state index is 13.6. The maximum Gasteiger partial charge on any atom is 0.251 e. The topological polar surface area (TPSA) is 87.0 Å². The van der Waals surface area contributed by atoms with Crippen LogP contribution in [0.25, 0.3) is 0 Å². The van der Waals surface area contributed by atoms with E-state index in [2.05, 4.69) is 4.90 Å². The first-order chi connectivity index (χ1) is 13.9. The molecule has 3 aliphatic heterocycles. The molecule has 3 amide bonds. The zero-order valence-corrected chi connectivity index (χ0v) is 16.5. The molecule has 2 N–H and O–H groups in total. The largest absolute Gasteiger partial charge is 0.368 e. The van der Waals surface area contributed by atoms with Gasteiger partial charge in [-0.05, 0) is 57.0 Å². The molecule has 8 heteroatoms. The molecule has 1 aromatic carbocycles. The van der Waals surface area contributed by atoms with Crippen molar-refractivity contribution in [3.63, 3.8) is 0 Å². The number of carbonyl (C=O) groups excluding carboxylic acids is 3. The SMILES string of the molecule is NC(=O)C1(N2CCCCC2)CCN([C@H]2CC(=O)N(c3cccc(F)c3)C2=O)CC1. The molecular formula is C21H27FN4O3. The number of benzene rings is 1. The minimum absolute atomic E-state index is 0.0721. The fourth-order valence-electron chi connectivity index (χ4n) is 5.03. The molecule has 0 saturated carbocycles. The number of hydrogen-bond donors (Lipinski definition) is 1. The predicted molar refractivity (Wildman–Crippen MR) is 105 cm³/mol. The van der Waals surface area contributed by atoms with Crippen molar-refractivity contribution in [2.24, 2.45) is 5.73 Å². The second-order valence-electron chi connectivity index (χ2n) is 8.25. The van der Waals surface area contributed by atoms with E-state index in [9.17, 15) is 18.8 Å². The molecular weight excluding hydrogens is 375 g/mol. The number of carbonyl (C=O) groups is 3. The number of primary amides is 1. The molecule has 3 saturated heterocycles. The summed E-state index contributed by atoms with van der Waals surface area (Å²) in [6, 6.07) is 4.95. The summed E-state index contributed by atoms with van der Waals surface area (Å²) in [5.41, 5.74) is 5.43. The van der Waals surface area contributed by atoms with E-state index in [4.69, 9.17) is 5.73 Å². The summed E-state index contributed by atoms with van der Waals surface area (Å²) in [5, 5.41) is 0. The van der Waals surface area contributed by atoms with Crippen molar-refractivity contribution in [2.75, 3.05) is 31.1 Å². The Labute approximate surface area is 169 Å². The van der Waals surface area contributed by atoms with E-state index < -0.39 is 17.4 Å². The quantitative estimate of drug-likeness (QED) is 0.767. The van der Waals surface area contributed by atoms with Crippen molar-refractivity contribution in [1.82, 2.24) is 9.80 Å². The smallest absolute Gasteiger partial charge is 0.251 e. The molecule has 3 fully saturated rings. The normalized spacial score (nSPS) is 26.1. The van der Waals surface area contributed by atoms with Crippen molar-refractivity contribution in [1.29, 1.82) is 0 Å². The lowest BCUT2D eigenvalue weighted by Gasteiger charge is -2.48. The van der Waals surface area contributed by atoms with Crippen molar-refractivity contribution in [3.8, 4) is 0 Å². The number of imide groups is 1. The number of likely N-dealkylation sites (tertiary alicyclic amines) is 2. The summed E-state index contributed by atoms with van der Waals surface area (Å²) in [6.45, 7) is 2.80. The van der Waals surface area contributed by atoms with Crippen LogP contribution in [0.1, 0.15) is 38.5 Å². The molecule has 0 spiro atoms. The van der Waals surface area contributed by atoms with Gasteiger partial charge in [0.25, 0.3) is 5.91 Å². The minimum Gasteiger partial charge on any atom is -0.368 e. The van der Waals surface area contributed by atoms with Crippen LogP contribution < -0.4 is 10.6 Å². The Hall–Kier alpha value is -2.32. The summed E-state index contributed by atoms with van der Waals surface area (Å²) >= 11 is 0. The lowest BCUT2D eigenvalue weighted by atomic mass is 9.83. The molecule has 29 heavy (non-hydrogen) atoms. The molecule has 3 heterocycles. The molecule has 0 radical (unpaired) electrons. The first-order valence-corrected chi connectivity index (χ1v) is 10.3. The van der Waals surface area contributed by atoms with Gasteiger partial charge in [-0.25, -0.2) is 9.29 Å². The van der Waals surface area contributed by atoms with Gasteiger partial charge in [0.2, 0.25) is 11.8 Å². The van der Waals surface area contributed by atoms with E-state index in [0.717, 1.165) is 30.8 Å². The van der Waals surface area contributed by atoms with Gasteiger partial charge in [-0.1, -0.05) is 12.5 Å². The van der Waals surface area contributed by atoms with Gasteiger partial charge in [0.15, 0.2) is 0 Å². The maximum absolute atomic E-state index is 13.6. The molecule has 0 aliphatic carbocycles. The molecule has 7 nitrogen and oxygen atoms in total.